The normalized spacial score (nSPS) is 16.8. The van der Waals surface area contributed by atoms with Crippen LogP contribution in [0.25, 0.3) is 0 Å². The molecule has 0 saturated heterocycles. The van der Waals surface area contributed by atoms with E-state index in [2.05, 4.69) is 0 Å². The number of fused-ring (bicyclic) bond motifs is 1. The number of rotatable bonds is 4. The van der Waals surface area contributed by atoms with E-state index in [4.69, 9.17) is 15.2 Å². The molecule has 1 aromatic rings. The van der Waals surface area contributed by atoms with E-state index < -0.39 is 11.4 Å². The van der Waals surface area contributed by atoms with Gasteiger partial charge >= 0.3 is 5.97 Å². The summed E-state index contributed by atoms with van der Waals surface area (Å²) in [6, 6.07) is 3.61. The van der Waals surface area contributed by atoms with Gasteiger partial charge in [-0.1, -0.05) is 0 Å². The van der Waals surface area contributed by atoms with Crippen LogP contribution in [0.4, 0.5) is 0 Å². The fourth-order valence-electron chi connectivity index (χ4n) is 2.43. The van der Waals surface area contributed by atoms with Gasteiger partial charge in [-0.3, -0.25) is 4.79 Å². The number of aryl methyl sites for hydroxylation is 1. The average Bonchev–Trinajstić information content (AvgIpc) is 2.37. The van der Waals surface area contributed by atoms with Crippen molar-refractivity contribution in [2.45, 2.75) is 25.7 Å². The van der Waals surface area contributed by atoms with E-state index in [-0.39, 0.29) is 0 Å². The number of carboxylic acid groups (broad SMARTS) is 1. The van der Waals surface area contributed by atoms with E-state index in [0.29, 0.717) is 37.7 Å². The first-order valence-corrected chi connectivity index (χ1v) is 6.33. The third kappa shape index (κ3) is 2.38. The lowest BCUT2D eigenvalue weighted by atomic mass is 9.77. The summed E-state index contributed by atoms with van der Waals surface area (Å²) in [5.41, 5.74) is 6.16. The molecule has 1 aromatic carbocycles. The zero-order valence-corrected chi connectivity index (χ0v) is 11.2. The quantitative estimate of drug-likeness (QED) is 0.861. The Kier molecular flexibility index (Phi) is 3.66. The van der Waals surface area contributed by atoms with Crippen molar-refractivity contribution in [2.75, 3.05) is 19.8 Å². The zero-order valence-electron chi connectivity index (χ0n) is 11.2. The lowest BCUT2D eigenvalue weighted by Crippen LogP contribution is -2.35. The van der Waals surface area contributed by atoms with Crippen LogP contribution in [0.2, 0.25) is 0 Å². The molecule has 1 heterocycles. The molecule has 5 nitrogen and oxygen atoms in total. The minimum Gasteiger partial charge on any atom is -0.486 e. The third-order valence-corrected chi connectivity index (χ3v) is 3.60. The Morgan fingerprint density at radius 3 is 2.47 bits per heavy atom. The van der Waals surface area contributed by atoms with E-state index in [1.165, 1.54) is 0 Å². The van der Waals surface area contributed by atoms with E-state index >= 15 is 0 Å². The Bertz CT molecular complexity index is 500. The molecule has 0 spiro atoms. The van der Waals surface area contributed by atoms with Crippen LogP contribution in [0.15, 0.2) is 12.1 Å². The van der Waals surface area contributed by atoms with Crippen molar-refractivity contribution in [2.24, 2.45) is 5.73 Å². The monoisotopic (exact) mass is 265 g/mol. The molecule has 0 aliphatic carbocycles. The summed E-state index contributed by atoms with van der Waals surface area (Å²) in [6.07, 6.45) is 0.378. The van der Waals surface area contributed by atoms with Gasteiger partial charge in [-0.2, -0.15) is 0 Å². The minimum absolute atomic E-state index is 0.316. The zero-order chi connectivity index (χ0) is 14.0. The Balaban J connectivity index is 2.51. The number of benzene rings is 1. The van der Waals surface area contributed by atoms with E-state index in [0.717, 1.165) is 11.1 Å². The summed E-state index contributed by atoms with van der Waals surface area (Å²) < 4.78 is 11.0. The topological polar surface area (TPSA) is 81.8 Å². The molecule has 0 radical (unpaired) electrons. The molecule has 0 aromatic heterocycles. The van der Waals surface area contributed by atoms with E-state index in [1.54, 1.807) is 13.0 Å². The van der Waals surface area contributed by atoms with Crippen molar-refractivity contribution >= 4 is 5.97 Å². The number of hydrogen-bond donors (Lipinski definition) is 2. The highest BCUT2D eigenvalue weighted by Crippen LogP contribution is 2.39. The van der Waals surface area contributed by atoms with Gasteiger partial charge in [0.15, 0.2) is 11.5 Å². The third-order valence-electron chi connectivity index (χ3n) is 3.60. The minimum atomic E-state index is -1.01. The fourth-order valence-corrected chi connectivity index (χ4v) is 2.43. The first-order valence-electron chi connectivity index (χ1n) is 6.33. The Hall–Kier alpha value is -1.75. The number of ether oxygens (including phenoxy) is 2. The first kappa shape index (κ1) is 13.7. The molecule has 1 aliphatic rings. The Morgan fingerprint density at radius 1 is 1.37 bits per heavy atom. The average molecular weight is 265 g/mol. The van der Waals surface area contributed by atoms with E-state index in [9.17, 15) is 9.90 Å². The highest BCUT2D eigenvalue weighted by Gasteiger charge is 2.36. The van der Waals surface area contributed by atoms with Crippen LogP contribution < -0.4 is 15.2 Å². The smallest absolute Gasteiger partial charge is 0.313 e. The summed E-state index contributed by atoms with van der Waals surface area (Å²) in [6.45, 7) is 4.89. The molecular weight excluding hydrogens is 246 g/mol. The van der Waals surface area contributed by atoms with Gasteiger partial charge in [0.2, 0.25) is 0 Å². The molecule has 1 atom stereocenters. The van der Waals surface area contributed by atoms with Crippen molar-refractivity contribution in [1.29, 1.82) is 0 Å². The molecule has 0 saturated carbocycles. The van der Waals surface area contributed by atoms with Crippen LogP contribution >= 0.6 is 0 Å². The highest BCUT2D eigenvalue weighted by atomic mass is 16.6. The molecule has 0 amide bonds. The SMILES string of the molecule is Cc1cc2c(cc1C(C)(CCN)C(=O)O)OCCO2. The second-order valence-electron chi connectivity index (χ2n) is 4.99. The van der Waals surface area contributed by atoms with Crippen molar-refractivity contribution < 1.29 is 19.4 Å². The van der Waals surface area contributed by atoms with Crippen LogP contribution in [0.1, 0.15) is 24.5 Å². The summed E-state index contributed by atoms with van der Waals surface area (Å²) in [5, 5.41) is 9.52. The number of carboxylic acids is 1. The van der Waals surface area contributed by atoms with Crippen molar-refractivity contribution in [3.63, 3.8) is 0 Å². The molecular formula is C14H19NO4. The summed E-state index contributed by atoms with van der Waals surface area (Å²) >= 11 is 0. The maximum Gasteiger partial charge on any atom is 0.313 e. The molecule has 0 bridgehead atoms. The Labute approximate surface area is 112 Å². The van der Waals surface area contributed by atoms with Crippen molar-refractivity contribution in [1.82, 2.24) is 0 Å². The van der Waals surface area contributed by atoms with Crippen LogP contribution in [0.5, 0.6) is 11.5 Å². The number of aliphatic carboxylic acids is 1. The summed E-state index contributed by atoms with van der Waals surface area (Å²) in [7, 11) is 0. The van der Waals surface area contributed by atoms with Gasteiger partial charge in [0.25, 0.3) is 0 Å². The summed E-state index contributed by atoms with van der Waals surface area (Å²) in [4.78, 5) is 11.6. The maximum atomic E-state index is 11.6. The van der Waals surface area contributed by atoms with Crippen molar-refractivity contribution in [3.05, 3.63) is 23.3 Å². The van der Waals surface area contributed by atoms with Gasteiger partial charge < -0.3 is 20.3 Å². The summed E-state index contributed by atoms with van der Waals surface area (Å²) in [5.74, 6) is 0.405. The molecule has 1 unspecified atom stereocenters. The van der Waals surface area contributed by atoms with Gasteiger partial charge in [-0.05, 0) is 50.1 Å². The van der Waals surface area contributed by atoms with Gasteiger partial charge in [0.1, 0.15) is 13.2 Å². The van der Waals surface area contributed by atoms with Gasteiger partial charge in [0.05, 0.1) is 5.41 Å². The second-order valence-corrected chi connectivity index (χ2v) is 4.99. The van der Waals surface area contributed by atoms with Crippen LogP contribution in [-0.2, 0) is 10.2 Å². The maximum absolute atomic E-state index is 11.6. The molecule has 3 N–H and O–H groups in total. The molecule has 5 heteroatoms. The second kappa shape index (κ2) is 5.09. The largest absolute Gasteiger partial charge is 0.486 e. The standard InChI is InChI=1S/C14H19NO4/c1-9-7-11-12(19-6-5-18-11)8-10(9)14(2,3-4-15)13(16)17/h7-8H,3-6,15H2,1-2H3,(H,16,17). The van der Waals surface area contributed by atoms with Gasteiger partial charge in [0, 0.05) is 0 Å². The van der Waals surface area contributed by atoms with Crippen LogP contribution in [0.3, 0.4) is 0 Å². The fraction of sp³-hybridized carbons (Fsp3) is 0.500. The molecule has 1 aliphatic heterocycles. The van der Waals surface area contributed by atoms with Gasteiger partial charge in [-0.15, -0.1) is 0 Å². The van der Waals surface area contributed by atoms with Crippen LogP contribution in [0, 0.1) is 6.92 Å². The number of nitrogens with two attached hydrogens (primary N) is 1. The van der Waals surface area contributed by atoms with Crippen molar-refractivity contribution in [3.8, 4) is 11.5 Å². The van der Waals surface area contributed by atoms with Gasteiger partial charge in [-0.25, -0.2) is 0 Å². The van der Waals surface area contributed by atoms with Crippen LogP contribution in [-0.4, -0.2) is 30.8 Å². The number of hydrogen-bond acceptors (Lipinski definition) is 4. The molecule has 104 valence electrons. The first-order chi connectivity index (χ1) is 8.99. The van der Waals surface area contributed by atoms with E-state index in [1.807, 2.05) is 13.0 Å². The number of carbonyl (C=O) groups is 1. The lowest BCUT2D eigenvalue weighted by Gasteiger charge is -2.29. The highest BCUT2D eigenvalue weighted by molar-refractivity contribution is 5.82. The molecule has 19 heavy (non-hydrogen) atoms. The predicted molar refractivity (Wildman–Crippen MR) is 70.8 cm³/mol. The Morgan fingerprint density at radius 2 is 1.95 bits per heavy atom. The predicted octanol–water partition coefficient (Wildman–Crippen LogP) is 1.46. The lowest BCUT2D eigenvalue weighted by molar-refractivity contribution is -0.143. The molecule has 2 rings (SSSR count). The molecule has 0 fully saturated rings.